The Hall–Kier alpha value is -1.22. The van der Waals surface area contributed by atoms with Crippen molar-refractivity contribution in [1.82, 2.24) is 9.62 Å². The van der Waals surface area contributed by atoms with Crippen molar-refractivity contribution in [2.45, 2.75) is 25.0 Å². The van der Waals surface area contributed by atoms with Gasteiger partial charge in [-0.05, 0) is 43.3 Å². The van der Waals surface area contributed by atoms with Crippen LogP contribution in [0.5, 0.6) is 0 Å². The van der Waals surface area contributed by atoms with Crippen LogP contribution in [0.4, 0.5) is 5.69 Å². The lowest BCUT2D eigenvalue weighted by Gasteiger charge is -2.33. The number of piperidine rings is 1. The summed E-state index contributed by atoms with van der Waals surface area (Å²) < 4.78 is 26.8. The zero-order chi connectivity index (χ0) is 16.5. The molecule has 0 amide bonds. The first-order valence-electron chi connectivity index (χ1n) is 7.82. The summed E-state index contributed by atoms with van der Waals surface area (Å²) in [6.45, 7) is 3.09. The second kappa shape index (κ2) is 7.35. The molecule has 0 atom stereocenters. The lowest BCUT2D eigenvalue weighted by molar-refractivity contribution is -0.384. The zero-order valence-corrected chi connectivity index (χ0v) is 14.9. The highest BCUT2D eigenvalue weighted by atomic mass is 35.5. The molecule has 9 heteroatoms. The Kier molecular flexibility index (Phi) is 5.85. The van der Waals surface area contributed by atoms with Gasteiger partial charge in [-0.1, -0.05) is 12.1 Å². The van der Waals surface area contributed by atoms with Gasteiger partial charge in [-0.15, -0.1) is 12.4 Å². The van der Waals surface area contributed by atoms with Gasteiger partial charge in [0, 0.05) is 25.2 Å². The van der Waals surface area contributed by atoms with E-state index in [1.54, 1.807) is 4.31 Å². The van der Waals surface area contributed by atoms with E-state index in [4.69, 9.17) is 0 Å². The minimum Gasteiger partial charge on any atom is -0.317 e. The van der Waals surface area contributed by atoms with Crippen LogP contribution < -0.4 is 5.32 Å². The maximum Gasteiger partial charge on any atom is 0.269 e. The van der Waals surface area contributed by atoms with Crippen LogP contribution >= 0.6 is 12.4 Å². The van der Waals surface area contributed by atoms with Crippen molar-refractivity contribution < 1.29 is 13.3 Å². The number of nitrogens with one attached hydrogen (secondary N) is 1. The largest absolute Gasteiger partial charge is 0.317 e. The van der Waals surface area contributed by atoms with Crippen molar-refractivity contribution in [3.63, 3.8) is 0 Å². The highest BCUT2D eigenvalue weighted by Crippen LogP contribution is 2.40. The summed E-state index contributed by atoms with van der Waals surface area (Å²) in [6, 6.07) is 5.74. The van der Waals surface area contributed by atoms with Crippen LogP contribution in [0.1, 0.15) is 24.8 Å². The Bertz CT molecular complexity index is 687. The van der Waals surface area contributed by atoms with E-state index in [0.717, 1.165) is 32.4 Å². The van der Waals surface area contributed by atoms with Crippen LogP contribution in [0.15, 0.2) is 24.3 Å². The van der Waals surface area contributed by atoms with Gasteiger partial charge in [0.15, 0.2) is 0 Å². The minimum atomic E-state index is -3.38. The van der Waals surface area contributed by atoms with Crippen molar-refractivity contribution >= 4 is 28.1 Å². The highest BCUT2D eigenvalue weighted by molar-refractivity contribution is 7.88. The molecule has 2 saturated heterocycles. The molecule has 0 bridgehead atoms. The molecule has 2 fully saturated rings. The van der Waals surface area contributed by atoms with Crippen LogP contribution in [-0.2, 0) is 15.8 Å². The number of nitrogens with zero attached hydrogens (tertiary/aromatic N) is 2. The van der Waals surface area contributed by atoms with Gasteiger partial charge in [0.2, 0.25) is 10.0 Å². The van der Waals surface area contributed by atoms with E-state index in [0.29, 0.717) is 18.7 Å². The van der Waals surface area contributed by atoms with Gasteiger partial charge in [0.25, 0.3) is 5.69 Å². The molecule has 0 unspecified atom stereocenters. The fourth-order valence-electron chi connectivity index (χ4n) is 3.51. The molecule has 1 N–H and O–H groups in total. The number of nitro benzene ring substituents is 1. The lowest BCUT2D eigenvalue weighted by Crippen LogP contribution is -2.40. The quantitative estimate of drug-likeness (QED) is 0.641. The van der Waals surface area contributed by atoms with Gasteiger partial charge in [0.1, 0.15) is 0 Å². The SMILES string of the molecule is Cl.O=[N+]([O-])c1ccc(CS(=O)(=O)N2CCC3(CCNCC3)C2)cc1. The smallest absolute Gasteiger partial charge is 0.269 e. The number of hydrogen-bond acceptors (Lipinski definition) is 5. The first kappa shape index (κ1) is 19.1. The molecule has 7 nitrogen and oxygen atoms in total. The van der Waals surface area contributed by atoms with Crippen molar-refractivity contribution in [2.75, 3.05) is 26.2 Å². The molecule has 2 aliphatic rings. The molecule has 1 aromatic carbocycles. The maximum absolute atomic E-state index is 12.6. The van der Waals surface area contributed by atoms with Crippen LogP contribution in [0.25, 0.3) is 0 Å². The van der Waals surface area contributed by atoms with Crippen LogP contribution in [-0.4, -0.2) is 43.8 Å². The number of sulfonamides is 1. The number of hydrogen-bond donors (Lipinski definition) is 1. The van der Waals surface area contributed by atoms with E-state index < -0.39 is 14.9 Å². The lowest BCUT2D eigenvalue weighted by atomic mass is 9.78. The Labute approximate surface area is 148 Å². The average Bonchev–Trinajstić information content (AvgIpc) is 2.93. The predicted molar refractivity (Wildman–Crippen MR) is 93.7 cm³/mol. The van der Waals surface area contributed by atoms with Crippen LogP contribution in [0.2, 0.25) is 0 Å². The molecule has 24 heavy (non-hydrogen) atoms. The summed E-state index contributed by atoms with van der Waals surface area (Å²) in [5, 5.41) is 14.0. The standard InChI is InChI=1S/C15H21N3O4S.ClH/c19-18(20)14-3-1-13(2-4-14)11-23(21,22)17-10-7-15(12-17)5-8-16-9-6-15;/h1-4,16H,5-12H2;1H. The fraction of sp³-hybridized carbons (Fsp3) is 0.600. The van der Waals surface area contributed by atoms with Gasteiger partial charge in [-0.2, -0.15) is 0 Å². The Morgan fingerprint density at radius 1 is 1.17 bits per heavy atom. The third kappa shape index (κ3) is 4.05. The van der Waals surface area contributed by atoms with Crippen molar-refractivity contribution in [1.29, 1.82) is 0 Å². The van der Waals surface area contributed by atoms with E-state index in [9.17, 15) is 18.5 Å². The topological polar surface area (TPSA) is 92.5 Å². The maximum atomic E-state index is 12.6. The summed E-state index contributed by atoms with van der Waals surface area (Å²) in [4.78, 5) is 10.2. The number of nitro groups is 1. The first-order chi connectivity index (χ1) is 10.9. The third-order valence-corrected chi connectivity index (χ3v) is 6.75. The molecular formula is C15H22ClN3O4S. The summed E-state index contributed by atoms with van der Waals surface area (Å²) in [7, 11) is -3.38. The van der Waals surface area contributed by atoms with E-state index in [1.807, 2.05) is 0 Å². The van der Waals surface area contributed by atoms with Crippen molar-refractivity contribution in [2.24, 2.45) is 5.41 Å². The molecule has 0 aliphatic carbocycles. The Morgan fingerprint density at radius 2 is 1.79 bits per heavy atom. The van der Waals surface area contributed by atoms with Gasteiger partial charge >= 0.3 is 0 Å². The molecule has 0 aromatic heterocycles. The van der Waals surface area contributed by atoms with Crippen molar-refractivity contribution in [3.8, 4) is 0 Å². The molecule has 2 heterocycles. The number of rotatable bonds is 4. The summed E-state index contributed by atoms with van der Waals surface area (Å²) >= 11 is 0. The average molecular weight is 376 g/mol. The number of halogens is 1. The van der Waals surface area contributed by atoms with E-state index in [2.05, 4.69) is 5.32 Å². The molecular weight excluding hydrogens is 354 g/mol. The van der Waals surface area contributed by atoms with Crippen LogP contribution in [0.3, 0.4) is 0 Å². The fourth-order valence-corrected chi connectivity index (χ4v) is 5.15. The van der Waals surface area contributed by atoms with Gasteiger partial charge in [0.05, 0.1) is 10.7 Å². The zero-order valence-electron chi connectivity index (χ0n) is 13.3. The molecule has 1 spiro atoms. The second-order valence-electron chi connectivity index (χ2n) is 6.51. The molecule has 1 aromatic rings. The Balaban J connectivity index is 0.00000208. The first-order valence-corrected chi connectivity index (χ1v) is 9.43. The van der Waals surface area contributed by atoms with Crippen molar-refractivity contribution in [3.05, 3.63) is 39.9 Å². The van der Waals surface area contributed by atoms with Crippen LogP contribution in [0, 0.1) is 15.5 Å². The molecule has 0 radical (unpaired) electrons. The highest BCUT2D eigenvalue weighted by Gasteiger charge is 2.42. The van der Waals surface area contributed by atoms with Gasteiger partial charge in [-0.25, -0.2) is 12.7 Å². The normalized spacial score (nSPS) is 20.7. The summed E-state index contributed by atoms with van der Waals surface area (Å²) in [6.07, 6.45) is 2.97. The Morgan fingerprint density at radius 3 is 2.38 bits per heavy atom. The molecule has 2 aliphatic heterocycles. The monoisotopic (exact) mass is 375 g/mol. The van der Waals surface area contributed by atoms with Gasteiger partial charge in [-0.3, -0.25) is 10.1 Å². The molecule has 134 valence electrons. The second-order valence-corrected chi connectivity index (χ2v) is 8.48. The predicted octanol–water partition coefficient (Wildman–Crippen LogP) is 1.92. The molecule has 3 rings (SSSR count). The molecule has 0 saturated carbocycles. The van der Waals surface area contributed by atoms with E-state index in [1.165, 1.54) is 24.3 Å². The minimum absolute atomic E-state index is 0. The summed E-state index contributed by atoms with van der Waals surface area (Å²) in [5.41, 5.74) is 0.691. The van der Waals surface area contributed by atoms with E-state index >= 15 is 0 Å². The summed E-state index contributed by atoms with van der Waals surface area (Å²) in [5.74, 6) is -0.0979. The van der Waals surface area contributed by atoms with Gasteiger partial charge < -0.3 is 5.32 Å². The third-order valence-electron chi connectivity index (χ3n) is 4.96. The number of non-ortho nitro benzene ring substituents is 1. The number of benzene rings is 1. The van der Waals surface area contributed by atoms with E-state index in [-0.39, 0.29) is 29.3 Å².